The Hall–Kier alpha value is -2.50. The smallest absolute Gasteiger partial charge is 0.190 e. The monoisotopic (exact) mass is 275 g/mol. The van der Waals surface area contributed by atoms with E-state index in [-0.39, 0.29) is 34.4 Å². The number of ketones is 1. The van der Waals surface area contributed by atoms with Gasteiger partial charge in [-0.05, 0) is 24.6 Å². The van der Waals surface area contributed by atoms with Gasteiger partial charge in [-0.3, -0.25) is 4.79 Å². The van der Waals surface area contributed by atoms with Crippen LogP contribution < -0.4 is 10.5 Å². The van der Waals surface area contributed by atoms with Crippen molar-refractivity contribution in [3.05, 3.63) is 35.3 Å². The number of aryl methyl sites for hydroxylation is 1. The SMILES string of the molecule is COc1c(N)nc(-c2ccc(C)cc2F)nc1C(C)=O. The molecule has 104 valence electrons. The van der Waals surface area contributed by atoms with Gasteiger partial charge in [0.2, 0.25) is 0 Å². The molecule has 1 heterocycles. The van der Waals surface area contributed by atoms with Crippen LogP contribution >= 0.6 is 0 Å². The number of aromatic nitrogens is 2. The number of ether oxygens (including phenoxy) is 1. The molecule has 0 spiro atoms. The van der Waals surface area contributed by atoms with E-state index < -0.39 is 5.82 Å². The lowest BCUT2D eigenvalue weighted by atomic mass is 10.1. The van der Waals surface area contributed by atoms with Crippen LogP contribution in [0.3, 0.4) is 0 Å². The first kappa shape index (κ1) is 13.9. The van der Waals surface area contributed by atoms with Crippen LogP contribution in [0, 0.1) is 12.7 Å². The summed E-state index contributed by atoms with van der Waals surface area (Å²) in [4.78, 5) is 19.6. The van der Waals surface area contributed by atoms with Crippen molar-refractivity contribution in [1.82, 2.24) is 9.97 Å². The Labute approximate surface area is 115 Å². The van der Waals surface area contributed by atoms with Crippen LogP contribution in [0.15, 0.2) is 18.2 Å². The van der Waals surface area contributed by atoms with Gasteiger partial charge in [0, 0.05) is 6.92 Å². The lowest BCUT2D eigenvalue weighted by Crippen LogP contribution is -2.08. The number of rotatable bonds is 3. The molecule has 0 unspecified atom stereocenters. The van der Waals surface area contributed by atoms with Crippen LogP contribution in [0.25, 0.3) is 11.4 Å². The van der Waals surface area contributed by atoms with Gasteiger partial charge in [0.25, 0.3) is 0 Å². The molecular formula is C14H14FN3O2. The topological polar surface area (TPSA) is 78.1 Å². The van der Waals surface area contributed by atoms with E-state index in [1.807, 2.05) is 0 Å². The molecule has 0 saturated heterocycles. The van der Waals surface area contributed by atoms with E-state index in [4.69, 9.17) is 10.5 Å². The summed E-state index contributed by atoms with van der Waals surface area (Å²) in [5.41, 5.74) is 6.74. The van der Waals surface area contributed by atoms with E-state index in [1.54, 1.807) is 19.1 Å². The molecule has 20 heavy (non-hydrogen) atoms. The third-order valence-corrected chi connectivity index (χ3v) is 2.79. The molecule has 0 fully saturated rings. The predicted molar refractivity (Wildman–Crippen MR) is 73.1 cm³/mol. The molecule has 1 aromatic heterocycles. The molecule has 0 saturated carbocycles. The first-order chi connectivity index (χ1) is 9.43. The Kier molecular flexibility index (Phi) is 3.65. The molecule has 2 aromatic rings. The van der Waals surface area contributed by atoms with Gasteiger partial charge in [-0.15, -0.1) is 0 Å². The van der Waals surface area contributed by atoms with Gasteiger partial charge in [0.1, 0.15) is 5.82 Å². The molecule has 0 bridgehead atoms. The summed E-state index contributed by atoms with van der Waals surface area (Å²) in [7, 11) is 1.37. The van der Waals surface area contributed by atoms with Crippen molar-refractivity contribution in [2.45, 2.75) is 13.8 Å². The zero-order chi connectivity index (χ0) is 14.9. The molecule has 0 atom stereocenters. The first-order valence-electron chi connectivity index (χ1n) is 5.93. The van der Waals surface area contributed by atoms with Crippen molar-refractivity contribution in [2.24, 2.45) is 0 Å². The minimum Gasteiger partial charge on any atom is -0.491 e. The number of hydrogen-bond donors (Lipinski definition) is 1. The fourth-order valence-corrected chi connectivity index (χ4v) is 1.83. The summed E-state index contributed by atoms with van der Waals surface area (Å²) in [6.45, 7) is 3.11. The van der Waals surface area contributed by atoms with Crippen LogP contribution in [0.5, 0.6) is 5.75 Å². The van der Waals surface area contributed by atoms with Crippen molar-refractivity contribution in [3.8, 4) is 17.1 Å². The number of carbonyl (C=O) groups is 1. The van der Waals surface area contributed by atoms with Gasteiger partial charge in [-0.25, -0.2) is 14.4 Å². The van der Waals surface area contributed by atoms with Crippen molar-refractivity contribution in [1.29, 1.82) is 0 Å². The zero-order valence-corrected chi connectivity index (χ0v) is 11.4. The summed E-state index contributed by atoms with van der Waals surface area (Å²) >= 11 is 0. The second-order valence-electron chi connectivity index (χ2n) is 4.35. The summed E-state index contributed by atoms with van der Waals surface area (Å²) < 4.78 is 19.0. The number of hydrogen-bond acceptors (Lipinski definition) is 5. The highest BCUT2D eigenvalue weighted by Crippen LogP contribution is 2.28. The normalized spacial score (nSPS) is 10.4. The van der Waals surface area contributed by atoms with Gasteiger partial charge >= 0.3 is 0 Å². The Balaban J connectivity index is 2.66. The lowest BCUT2D eigenvalue weighted by Gasteiger charge is -2.10. The molecule has 0 aliphatic carbocycles. The summed E-state index contributed by atoms with van der Waals surface area (Å²) in [5, 5.41) is 0. The van der Waals surface area contributed by atoms with E-state index in [0.717, 1.165) is 5.56 Å². The first-order valence-corrected chi connectivity index (χ1v) is 5.93. The third-order valence-electron chi connectivity index (χ3n) is 2.79. The molecule has 2 N–H and O–H groups in total. The molecule has 0 aliphatic rings. The Morgan fingerprint density at radius 3 is 2.60 bits per heavy atom. The molecule has 1 aromatic carbocycles. The standard InChI is InChI=1S/C14H14FN3O2/c1-7-4-5-9(10(15)6-7)14-17-11(8(2)19)12(20-3)13(16)18-14/h4-6H,1-3H3,(H2,16,17,18). The number of carbonyl (C=O) groups excluding carboxylic acids is 1. The Morgan fingerprint density at radius 1 is 1.35 bits per heavy atom. The fraction of sp³-hybridized carbons (Fsp3) is 0.214. The van der Waals surface area contributed by atoms with E-state index in [1.165, 1.54) is 20.1 Å². The average Bonchev–Trinajstić information content (AvgIpc) is 2.37. The van der Waals surface area contributed by atoms with E-state index in [0.29, 0.717) is 0 Å². The average molecular weight is 275 g/mol. The largest absolute Gasteiger partial charge is 0.491 e. The highest BCUT2D eigenvalue weighted by atomic mass is 19.1. The molecule has 0 aliphatic heterocycles. The zero-order valence-electron chi connectivity index (χ0n) is 11.4. The second-order valence-corrected chi connectivity index (χ2v) is 4.35. The van der Waals surface area contributed by atoms with Gasteiger partial charge in [0.15, 0.2) is 28.9 Å². The Morgan fingerprint density at radius 2 is 2.05 bits per heavy atom. The highest BCUT2D eigenvalue weighted by molar-refractivity contribution is 5.96. The lowest BCUT2D eigenvalue weighted by molar-refractivity contribution is 0.101. The summed E-state index contributed by atoms with van der Waals surface area (Å²) in [6.07, 6.45) is 0. The van der Waals surface area contributed by atoms with Crippen molar-refractivity contribution >= 4 is 11.6 Å². The fourth-order valence-electron chi connectivity index (χ4n) is 1.83. The minimum atomic E-state index is -0.468. The van der Waals surface area contributed by atoms with Crippen LogP contribution in [0.2, 0.25) is 0 Å². The number of nitrogens with two attached hydrogens (primary N) is 1. The molecule has 2 rings (SSSR count). The Bertz CT molecular complexity index is 686. The predicted octanol–water partition coefficient (Wildman–Crippen LogP) is 2.38. The van der Waals surface area contributed by atoms with E-state index >= 15 is 0 Å². The summed E-state index contributed by atoms with van der Waals surface area (Å²) in [6, 6.07) is 4.65. The molecule has 0 amide bonds. The number of methoxy groups -OCH3 is 1. The number of nitrogens with zero attached hydrogens (tertiary/aromatic N) is 2. The molecular weight excluding hydrogens is 261 g/mol. The number of anilines is 1. The van der Waals surface area contributed by atoms with E-state index in [2.05, 4.69) is 9.97 Å². The van der Waals surface area contributed by atoms with Gasteiger partial charge < -0.3 is 10.5 Å². The maximum Gasteiger partial charge on any atom is 0.190 e. The maximum atomic E-state index is 13.9. The highest BCUT2D eigenvalue weighted by Gasteiger charge is 2.19. The quantitative estimate of drug-likeness (QED) is 0.870. The molecule has 5 nitrogen and oxygen atoms in total. The number of nitrogen functional groups attached to an aromatic ring is 1. The molecule has 0 radical (unpaired) electrons. The maximum absolute atomic E-state index is 13.9. The van der Waals surface area contributed by atoms with Crippen LogP contribution in [-0.2, 0) is 0 Å². The number of Topliss-reactive ketones (excluding diaryl/α,β-unsaturated/α-hetero) is 1. The van der Waals surface area contributed by atoms with Crippen LogP contribution in [0.1, 0.15) is 23.0 Å². The van der Waals surface area contributed by atoms with Gasteiger partial charge in [-0.1, -0.05) is 6.07 Å². The number of benzene rings is 1. The molecule has 6 heteroatoms. The van der Waals surface area contributed by atoms with Crippen LogP contribution in [0.4, 0.5) is 10.2 Å². The van der Waals surface area contributed by atoms with Gasteiger partial charge in [0.05, 0.1) is 12.7 Å². The van der Waals surface area contributed by atoms with E-state index in [9.17, 15) is 9.18 Å². The number of halogens is 1. The third kappa shape index (κ3) is 2.45. The second kappa shape index (κ2) is 5.24. The van der Waals surface area contributed by atoms with Crippen molar-refractivity contribution in [3.63, 3.8) is 0 Å². The van der Waals surface area contributed by atoms with Crippen molar-refractivity contribution in [2.75, 3.05) is 12.8 Å². The summed E-state index contributed by atoms with van der Waals surface area (Å²) in [5.74, 6) is -0.628. The van der Waals surface area contributed by atoms with Gasteiger partial charge in [-0.2, -0.15) is 0 Å². The minimum absolute atomic E-state index is 0.00248. The van der Waals surface area contributed by atoms with Crippen molar-refractivity contribution < 1.29 is 13.9 Å². The van der Waals surface area contributed by atoms with Crippen LogP contribution in [-0.4, -0.2) is 22.9 Å².